The van der Waals surface area contributed by atoms with Crippen LogP contribution >= 0.6 is 0 Å². The molecule has 2 heteroatoms. The zero-order valence-electron chi connectivity index (χ0n) is 10.5. The molecule has 3 unspecified atom stereocenters. The quantitative estimate of drug-likeness (QED) is 0.849. The average Bonchev–Trinajstić information content (AvgIpc) is 2.35. The van der Waals surface area contributed by atoms with Crippen LogP contribution < -0.4 is 5.73 Å². The highest BCUT2D eigenvalue weighted by Crippen LogP contribution is 2.39. The summed E-state index contributed by atoms with van der Waals surface area (Å²) >= 11 is 0. The van der Waals surface area contributed by atoms with Gasteiger partial charge in [-0.1, -0.05) is 38.3 Å². The van der Waals surface area contributed by atoms with E-state index in [-0.39, 0.29) is 5.82 Å². The van der Waals surface area contributed by atoms with Crippen LogP contribution in [0.5, 0.6) is 0 Å². The van der Waals surface area contributed by atoms with Gasteiger partial charge in [-0.05, 0) is 48.4 Å². The van der Waals surface area contributed by atoms with Crippen molar-refractivity contribution in [3.63, 3.8) is 0 Å². The first-order chi connectivity index (χ1) is 8.22. The van der Waals surface area contributed by atoms with Crippen LogP contribution in [0.1, 0.15) is 44.1 Å². The molecule has 0 aliphatic heterocycles. The second kappa shape index (κ2) is 5.63. The van der Waals surface area contributed by atoms with Gasteiger partial charge >= 0.3 is 0 Å². The van der Waals surface area contributed by atoms with Gasteiger partial charge in [0.05, 0.1) is 0 Å². The van der Waals surface area contributed by atoms with E-state index in [9.17, 15) is 4.39 Å². The third kappa shape index (κ3) is 2.86. The molecule has 2 rings (SSSR count). The molecular formula is C15H22FN. The van der Waals surface area contributed by atoms with Crippen LogP contribution in [-0.2, 0) is 0 Å². The first-order valence-electron chi connectivity index (χ1n) is 6.68. The lowest BCUT2D eigenvalue weighted by Crippen LogP contribution is -2.28. The van der Waals surface area contributed by atoms with E-state index in [1.165, 1.54) is 31.2 Å². The van der Waals surface area contributed by atoms with Gasteiger partial charge in [-0.3, -0.25) is 0 Å². The second-order valence-corrected chi connectivity index (χ2v) is 5.32. The van der Waals surface area contributed by atoms with Crippen molar-refractivity contribution in [3.8, 4) is 0 Å². The van der Waals surface area contributed by atoms with Gasteiger partial charge < -0.3 is 5.73 Å². The summed E-state index contributed by atoms with van der Waals surface area (Å²) in [4.78, 5) is 0. The molecule has 2 N–H and O–H groups in total. The van der Waals surface area contributed by atoms with Crippen LogP contribution in [0, 0.1) is 17.7 Å². The molecule has 1 aliphatic rings. The van der Waals surface area contributed by atoms with Gasteiger partial charge in [0.15, 0.2) is 0 Å². The first kappa shape index (κ1) is 12.6. The Morgan fingerprint density at radius 2 is 1.88 bits per heavy atom. The summed E-state index contributed by atoms with van der Waals surface area (Å²) < 4.78 is 12.9. The largest absolute Gasteiger partial charge is 0.330 e. The summed E-state index contributed by atoms with van der Waals surface area (Å²) in [5.74, 6) is 1.63. The van der Waals surface area contributed by atoms with E-state index in [2.05, 4.69) is 6.92 Å². The Labute approximate surface area is 103 Å². The zero-order chi connectivity index (χ0) is 12.3. The van der Waals surface area contributed by atoms with E-state index < -0.39 is 0 Å². The van der Waals surface area contributed by atoms with E-state index in [1.54, 1.807) is 12.1 Å². The molecule has 1 aromatic rings. The molecule has 1 aromatic carbocycles. The highest BCUT2D eigenvalue weighted by molar-refractivity contribution is 5.22. The van der Waals surface area contributed by atoms with Crippen molar-refractivity contribution in [2.45, 2.75) is 38.5 Å². The fourth-order valence-electron chi connectivity index (χ4n) is 3.21. The van der Waals surface area contributed by atoms with Crippen molar-refractivity contribution in [2.75, 3.05) is 6.54 Å². The maximum atomic E-state index is 12.9. The van der Waals surface area contributed by atoms with Crippen molar-refractivity contribution < 1.29 is 4.39 Å². The van der Waals surface area contributed by atoms with Crippen LogP contribution in [0.15, 0.2) is 24.3 Å². The molecule has 0 heterocycles. The van der Waals surface area contributed by atoms with Crippen molar-refractivity contribution in [1.29, 1.82) is 0 Å². The molecule has 0 bridgehead atoms. The summed E-state index contributed by atoms with van der Waals surface area (Å²) in [6.07, 6.45) is 5.23. The fourth-order valence-corrected chi connectivity index (χ4v) is 3.21. The van der Waals surface area contributed by atoms with Gasteiger partial charge in [-0.25, -0.2) is 4.39 Å². The van der Waals surface area contributed by atoms with Crippen molar-refractivity contribution >= 4 is 0 Å². The van der Waals surface area contributed by atoms with Gasteiger partial charge in [-0.15, -0.1) is 0 Å². The molecule has 17 heavy (non-hydrogen) atoms. The number of nitrogens with two attached hydrogens (primary N) is 1. The van der Waals surface area contributed by atoms with E-state index in [0.717, 1.165) is 5.92 Å². The fraction of sp³-hybridized carbons (Fsp3) is 0.600. The van der Waals surface area contributed by atoms with Gasteiger partial charge in [-0.2, -0.15) is 0 Å². The molecule has 3 atom stereocenters. The van der Waals surface area contributed by atoms with E-state index in [0.29, 0.717) is 18.4 Å². The monoisotopic (exact) mass is 235 g/mol. The number of hydrogen-bond acceptors (Lipinski definition) is 1. The standard InChI is InChI=1S/C15H22FN/c1-11-4-2-3-5-14(11)15(10-17)12-6-8-13(16)9-7-12/h6-9,11,14-15H,2-5,10,17H2,1H3. The molecule has 1 nitrogen and oxygen atoms in total. The average molecular weight is 235 g/mol. The van der Waals surface area contributed by atoms with Crippen LogP contribution in [-0.4, -0.2) is 6.54 Å². The first-order valence-corrected chi connectivity index (χ1v) is 6.68. The minimum absolute atomic E-state index is 0.166. The lowest BCUT2D eigenvalue weighted by molar-refractivity contribution is 0.218. The van der Waals surface area contributed by atoms with Gasteiger partial charge in [0.1, 0.15) is 5.82 Å². The molecule has 1 fully saturated rings. The molecule has 1 saturated carbocycles. The highest BCUT2D eigenvalue weighted by Gasteiger charge is 2.29. The minimum atomic E-state index is -0.166. The van der Waals surface area contributed by atoms with Crippen molar-refractivity contribution in [3.05, 3.63) is 35.6 Å². The van der Waals surface area contributed by atoms with Crippen LogP contribution in [0.25, 0.3) is 0 Å². The third-order valence-electron chi connectivity index (χ3n) is 4.25. The van der Waals surface area contributed by atoms with Gasteiger partial charge in [0, 0.05) is 0 Å². The Kier molecular flexibility index (Phi) is 4.16. The van der Waals surface area contributed by atoms with E-state index >= 15 is 0 Å². The molecule has 1 aliphatic carbocycles. The Bertz CT molecular complexity index is 346. The number of halogens is 1. The molecule has 0 radical (unpaired) electrons. The number of benzene rings is 1. The summed E-state index contributed by atoms with van der Waals surface area (Å²) in [5.41, 5.74) is 7.14. The van der Waals surface area contributed by atoms with Crippen molar-refractivity contribution in [2.24, 2.45) is 17.6 Å². The van der Waals surface area contributed by atoms with E-state index in [4.69, 9.17) is 5.73 Å². The summed E-state index contributed by atoms with van der Waals surface area (Å²) in [6.45, 7) is 3.00. The van der Waals surface area contributed by atoms with Crippen molar-refractivity contribution in [1.82, 2.24) is 0 Å². The second-order valence-electron chi connectivity index (χ2n) is 5.32. The lowest BCUT2D eigenvalue weighted by Gasteiger charge is -2.35. The molecule has 0 spiro atoms. The molecule has 0 amide bonds. The Morgan fingerprint density at radius 3 is 2.47 bits per heavy atom. The summed E-state index contributed by atoms with van der Waals surface area (Å²) in [5, 5.41) is 0. The number of rotatable bonds is 3. The summed E-state index contributed by atoms with van der Waals surface area (Å²) in [7, 11) is 0. The Balaban J connectivity index is 2.17. The highest BCUT2D eigenvalue weighted by atomic mass is 19.1. The smallest absolute Gasteiger partial charge is 0.123 e. The predicted molar refractivity (Wildman–Crippen MR) is 69.3 cm³/mol. The molecule has 0 aromatic heterocycles. The maximum absolute atomic E-state index is 12.9. The topological polar surface area (TPSA) is 26.0 Å². The Morgan fingerprint density at radius 1 is 1.24 bits per heavy atom. The Hall–Kier alpha value is -0.890. The molecule has 0 saturated heterocycles. The third-order valence-corrected chi connectivity index (χ3v) is 4.25. The van der Waals surface area contributed by atoms with E-state index in [1.807, 2.05) is 12.1 Å². The number of hydrogen-bond donors (Lipinski definition) is 1. The normalized spacial score (nSPS) is 26.8. The molecular weight excluding hydrogens is 213 g/mol. The van der Waals surface area contributed by atoms with Gasteiger partial charge in [0.25, 0.3) is 0 Å². The minimum Gasteiger partial charge on any atom is -0.330 e. The van der Waals surface area contributed by atoms with Gasteiger partial charge in [0.2, 0.25) is 0 Å². The predicted octanol–water partition coefficient (Wildman–Crippen LogP) is 3.69. The van der Waals surface area contributed by atoms with Crippen LogP contribution in [0.3, 0.4) is 0 Å². The lowest BCUT2D eigenvalue weighted by atomic mass is 9.71. The molecule has 94 valence electrons. The summed E-state index contributed by atoms with van der Waals surface area (Å²) in [6, 6.07) is 6.89. The maximum Gasteiger partial charge on any atom is 0.123 e. The SMILES string of the molecule is CC1CCCCC1C(CN)c1ccc(F)cc1. The zero-order valence-corrected chi connectivity index (χ0v) is 10.5. The van der Waals surface area contributed by atoms with Crippen LogP contribution in [0.4, 0.5) is 4.39 Å². The van der Waals surface area contributed by atoms with Crippen LogP contribution in [0.2, 0.25) is 0 Å².